The van der Waals surface area contributed by atoms with Crippen molar-refractivity contribution in [3.8, 4) is 28.1 Å². The fraction of sp³-hybridized carbons (Fsp3) is 0.207. The number of methoxy groups -OCH3 is 1. The predicted molar refractivity (Wildman–Crippen MR) is 148 cm³/mol. The predicted octanol–water partition coefficient (Wildman–Crippen LogP) is 5.16. The van der Waals surface area contributed by atoms with E-state index in [0.29, 0.717) is 28.0 Å². The molecule has 1 aliphatic heterocycles. The third kappa shape index (κ3) is 4.10. The molecule has 1 aliphatic rings. The van der Waals surface area contributed by atoms with Crippen molar-refractivity contribution in [1.82, 2.24) is 24.6 Å². The van der Waals surface area contributed by atoms with Gasteiger partial charge in [-0.25, -0.2) is 14.4 Å². The Kier molecular flexibility index (Phi) is 5.92. The number of benzene rings is 3. The number of aryl methyl sites for hydroxylation is 1. The van der Waals surface area contributed by atoms with E-state index in [1.54, 1.807) is 30.3 Å². The molecule has 38 heavy (non-hydrogen) atoms. The van der Waals surface area contributed by atoms with E-state index in [2.05, 4.69) is 39.5 Å². The minimum absolute atomic E-state index is 0.0123. The molecule has 0 bridgehead atoms. The molecule has 0 radical (unpaired) electrons. The molecule has 0 saturated carbocycles. The van der Waals surface area contributed by atoms with E-state index in [1.807, 2.05) is 37.4 Å². The van der Waals surface area contributed by atoms with Gasteiger partial charge in [0.2, 0.25) is 5.95 Å². The Hall–Kier alpha value is -4.50. The second-order valence-electron chi connectivity index (χ2n) is 9.60. The molecule has 2 aromatic heterocycles. The molecule has 3 N–H and O–H groups in total. The van der Waals surface area contributed by atoms with Crippen LogP contribution in [-0.4, -0.2) is 45.4 Å². The zero-order chi connectivity index (χ0) is 26.4. The highest BCUT2D eigenvalue weighted by molar-refractivity contribution is 5.97. The van der Waals surface area contributed by atoms with E-state index in [1.165, 1.54) is 11.1 Å². The van der Waals surface area contributed by atoms with E-state index in [4.69, 9.17) is 15.5 Å². The number of nitrogens with one attached hydrogen (secondary N) is 1. The first-order chi connectivity index (χ1) is 18.4. The van der Waals surface area contributed by atoms with Gasteiger partial charge >= 0.3 is 0 Å². The summed E-state index contributed by atoms with van der Waals surface area (Å²) in [6.07, 6.45) is 4.25. The Morgan fingerprint density at radius 2 is 1.84 bits per heavy atom. The first kappa shape index (κ1) is 23.9. The van der Waals surface area contributed by atoms with Crippen LogP contribution in [0.5, 0.6) is 5.75 Å². The third-order valence-electron chi connectivity index (χ3n) is 7.15. The summed E-state index contributed by atoms with van der Waals surface area (Å²) in [5, 5.41) is 8.03. The largest absolute Gasteiger partial charge is 0.495 e. The maximum absolute atomic E-state index is 15.6. The molecule has 3 heterocycles. The number of aromatic nitrogens is 4. The summed E-state index contributed by atoms with van der Waals surface area (Å²) in [7, 11) is 5.62. The van der Waals surface area contributed by atoms with Crippen molar-refractivity contribution >= 4 is 28.2 Å². The molecule has 0 spiro atoms. The van der Waals surface area contributed by atoms with Gasteiger partial charge in [0.1, 0.15) is 5.75 Å². The van der Waals surface area contributed by atoms with Gasteiger partial charge in [0, 0.05) is 49.0 Å². The van der Waals surface area contributed by atoms with Crippen LogP contribution in [0.3, 0.4) is 0 Å². The number of fused-ring (bicyclic) bond motifs is 2. The number of hydrogen-bond acceptors (Lipinski definition) is 7. The number of rotatable bonds is 5. The first-order valence-electron chi connectivity index (χ1n) is 12.4. The number of nitrogens with two attached hydrogens (primary N) is 1. The van der Waals surface area contributed by atoms with Crippen LogP contribution in [0.2, 0.25) is 0 Å². The van der Waals surface area contributed by atoms with Crippen LogP contribution in [0, 0.1) is 5.82 Å². The van der Waals surface area contributed by atoms with Gasteiger partial charge in [-0.2, -0.15) is 5.10 Å². The average molecular weight is 510 g/mol. The van der Waals surface area contributed by atoms with Crippen LogP contribution in [-0.2, 0) is 20.0 Å². The standard InChI is InChI=1S/C29H28FN7O/c1-36-11-9-17-13-26(38-3)24(12-18(17)16-36)35-29-32-15-22-23(34-29)14-21(27(30)28(22)31)19-6-4-5-7-20(19)25-8-10-33-37(25)2/h4-8,10,12-15H,9,11,16,31H2,1-3H3,(H,32,34,35). The SMILES string of the molecule is COc1cc2c(cc1Nc1ncc3c(N)c(F)c(-c4ccccc4-c4ccnn4C)cc3n1)CN(C)CC2. The minimum atomic E-state index is -0.503. The Labute approximate surface area is 219 Å². The second kappa shape index (κ2) is 9.42. The molecule has 8 nitrogen and oxygen atoms in total. The monoisotopic (exact) mass is 509 g/mol. The molecular weight excluding hydrogens is 481 g/mol. The molecule has 0 atom stereocenters. The van der Waals surface area contributed by atoms with Gasteiger partial charge in [0.15, 0.2) is 5.82 Å². The molecule has 192 valence electrons. The van der Waals surface area contributed by atoms with Crippen LogP contribution >= 0.6 is 0 Å². The molecule has 6 rings (SSSR count). The van der Waals surface area contributed by atoms with Gasteiger partial charge in [0.05, 0.1) is 29.7 Å². The number of likely N-dealkylation sites (N-methyl/N-ethyl adjacent to an activating group) is 1. The molecule has 0 saturated heterocycles. The van der Waals surface area contributed by atoms with Crippen molar-refractivity contribution in [2.24, 2.45) is 7.05 Å². The molecule has 0 amide bonds. The summed E-state index contributed by atoms with van der Waals surface area (Å²) in [5.41, 5.74) is 12.9. The molecule has 0 unspecified atom stereocenters. The molecule has 5 aromatic rings. The van der Waals surface area contributed by atoms with E-state index < -0.39 is 5.82 Å². The topological polar surface area (TPSA) is 94.1 Å². The number of nitrogen functional groups attached to an aromatic ring is 1. The van der Waals surface area contributed by atoms with Gasteiger partial charge in [-0.05, 0) is 54.4 Å². The van der Waals surface area contributed by atoms with Crippen molar-refractivity contribution in [2.75, 3.05) is 31.8 Å². The van der Waals surface area contributed by atoms with Crippen LogP contribution < -0.4 is 15.8 Å². The molecule has 9 heteroatoms. The number of anilines is 3. The lowest BCUT2D eigenvalue weighted by atomic mass is 9.95. The van der Waals surface area contributed by atoms with Crippen LogP contribution in [0.1, 0.15) is 11.1 Å². The highest BCUT2D eigenvalue weighted by atomic mass is 19.1. The first-order valence-corrected chi connectivity index (χ1v) is 12.4. The van der Waals surface area contributed by atoms with E-state index in [9.17, 15) is 0 Å². The Morgan fingerprint density at radius 1 is 1.03 bits per heavy atom. The number of nitrogens with zero attached hydrogens (tertiary/aromatic N) is 5. The maximum atomic E-state index is 15.6. The summed E-state index contributed by atoms with van der Waals surface area (Å²) in [4.78, 5) is 11.4. The summed E-state index contributed by atoms with van der Waals surface area (Å²) < 4.78 is 23.1. The highest BCUT2D eigenvalue weighted by Gasteiger charge is 2.20. The van der Waals surface area contributed by atoms with Crippen molar-refractivity contribution in [2.45, 2.75) is 13.0 Å². The Bertz CT molecular complexity index is 1680. The zero-order valence-corrected chi connectivity index (χ0v) is 21.5. The van der Waals surface area contributed by atoms with Crippen molar-refractivity contribution < 1.29 is 9.13 Å². The number of hydrogen-bond donors (Lipinski definition) is 2. The highest BCUT2D eigenvalue weighted by Crippen LogP contribution is 2.38. The Morgan fingerprint density at radius 3 is 2.61 bits per heavy atom. The van der Waals surface area contributed by atoms with Gasteiger partial charge < -0.3 is 20.7 Å². The van der Waals surface area contributed by atoms with Crippen molar-refractivity contribution in [1.29, 1.82) is 0 Å². The molecule has 0 fully saturated rings. The molecular formula is C29H28FN7O. The number of halogens is 1. The molecule has 3 aromatic carbocycles. The average Bonchev–Trinajstić information content (AvgIpc) is 3.35. The zero-order valence-electron chi connectivity index (χ0n) is 21.5. The van der Waals surface area contributed by atoms with Crippen LogP contribution in [0.15, 0.2) is 60.9 Å². The minimum Gasteiger partial charge on any atom is -0.495 e. The summed E-state index contributed by atoms with van der Waals surface area (Å²) in [6, 6.07) is 15.4. The van der Waals surface area contributed by atoms with E-state index in [-0.39, 0.29) is 5.69 Å². The Balaban J connectivity index is 1.44. The lowest BCUT2D eigenvalue weighted by molar-refractivity contribution is 0.312. The van der Waals surface area contributed by atoms with Gasteiger partial charge in [-0.15, -0.1) is 0 Å². The van der Waals surface area contributed by atoms with Crippen LogP contribution in [0.4, 0.5) is 21.7 Å². The quantitative estimate of drug-likeness (QED) is 0.316. The van der Waals surface area contributed by atoms with Gasteiger partial charge in [0.25, 0.3) is 0 Å². The fourth-order valence-corrected chi connectivity index (χ4v) is 5.13. The molecule has 0 aliphatic carbocycles. The lowest BCUT2D eigenvalue weighted by Gasteiger charge is -2.26. The smallest absolute Gasteiger partial charge is 0.227 e. The van der Waals surface area contributed by atoms with Crippen molar-refractivity contribution in [3.63, 3.8) is 0 Å². The summed E-state index contributed by atoms with van der Waals surface area (Å²) in [6.45, 7) is 1.88. The maximum Gasteiger partial charge on any atom is 0.227 e. The lowest BCUT2D eigenvalue weighted by Crippen LogP contribution is -2.26. The normalized spacial score (nSPS) is 13.5. The van der Waals surface area contributed by atoms with Gasteiger partial charge in [-0.3, -0.25) is 4.68 Å². The summed E-state index contributed by atoms with van der Waals surface area (Å²) in [5.74, 6) is 0.593. The number of ether oxygens (including phenoxy) is 1. The van der Waals surface area contributed by atoms with E-state index >= 15 is 4.39 Å². The van der Waals surface area contributed by atoms with Crippen molar-refractivity contribution in [3.05, 3.63) is 77.9 Å². The van der Waals surface area contributed by atoms with Crippen LogP contribution in [0.25, 0.3) is 33.3 Å². The van der Waals surface area contributed by atoms with E-state index in [0.717, 1.165) is 42.2 Å². The second-order valence-corrected chi connectivity index (χ2v) is 9.60. The third-order valence-corrected chi connectivity index (χ3v) is 7.15. The van der Waals surface area contributed by atoms with Gasteiger partial charge in [-0.1, -0.05) is 24.3 Å². The summed E-state index contributed by atoms with van der Waals surface area (Å²) >= 11 is 0. The fourth-order valence-electron chi connectivity index (χ4n) is 5.13.